The van der Waals surface area contributed by atoms with Crippen molar-refractivity contribution in [2.45, 2.75) is 143 Å². The van der Waals surface area contributed by atoms with Crippen LogP contribution in [0.25, 0.3) is 24.3 Å². The largest absolute Gasteiger partial charge is 1.00 e. The van der Waals surface area contributed by atoms with Crippen LogP contribution >= 0.6 is 7.82 Å². The van der Waals surface area contributed by atoms with Crippen molar-refractivity contribution in [3.8, 4) is 11.5 Å². The van der Waals surface area contributed by atoms with Crippen LogP contribution in [-0.4, -0.2) is 121 Å². The number of phosphoric ester groups is 1. The number of hydrogen-bond donors (Lipinski definition) is 3. The first-order valence-electron chi connectivity index (χ1n) is 28.6. The number of benzene rings is 3. The number of esters is 2. The molecule has 3 rings (SSSR count). The summed E-state index contributed by atoms with van der Waals surface area (Å²) in [7, 11) is -4.84. The van der Waals surface area contributed by atoms with E-state index < -0.39 is 45.2 Å². The minimum absolute atomic E-state index is 0. The van der Waals surface area contributed by atoms with Crippen LogP contribution in [0.5, 0.6) is 11.5 Å². The number of phenolic OH excluding ortho intramolecular Hbond substituents is 1. The molecule has 0 aliphatic heterocycles. The third-order valence-electron chi connectivity index (χ3n) is 11.9. The average Bonchev–Trinajstić information content (AvgIpc) is 3.44. The summed E-state index contributed by atoms with van der Waals surface area (Å²) < 4.78 is 57.7. The number of hydrogen-bond acceptors (Lipinski definition) is 16. The molecule has 0 aliphatic rings. The smallest absolute Gasteiger partial charge is 0.756 e. The number of unbranched alkanes of at least 4 members (excludes halogenated alkanes) is 14. The Kier molecular flexibility index (Phi) is 44.9. The maximum atomic E-state index is 12.2. The van der Waals surface area contributed by atoms with Crippen LogP contribution in [0.3, 0.4) is 0 Å². The molecule has 3 aromatic rings. The Morgan fingerprint density at radius 1 is 0.605 bits per heavy atom. The van der Waals surface area contributed by atoms with Gasteiger partial charge in [-0.15, -0.1) is 0 Å². The summed E-state index contributed by atoms with van der Waals surface area (Å²) in [6.45, 7) is 10.5. The summed E-state index contributed by atoms with van der Waals surface area (Å²) in [6.07, 6.45) is 24.8. The zero-order valence-electron chi connectivity index (χ0n) is 49.3. The van der Waals surface area contributed by atoms with Crippen molar-refractivity contribution in [1.82, 2.24) is 10.6 Å². The molecular formula is C61H92N2NaO16P. The first-order valence-corrected chi connectivity index (χ1v) is 30.0. The SMILES string of the molecule is CCCCCCCCCCCCCCCCCC(=O)OCC(COP(=O)([O-])OCCNC(=O)OCCOCC(=O)NCCOCC)OC(C)=O.CCOCCOc1ccc(/C=C/c2ccc(/C=C/c3ccc(O)cc3)cc2C)cc1.[Na+]. The average molecular weight is 1160 g/mol. The van der Waals surface area contributed by atoms with Crippen molar-refractivity contribution in [2.75, 3.05) is 85.8 Å². The van der Waals surface area contributed by atoms with Gasteiger partial charge in [0.2, 0.25) is 5.91 Å². The molecule has 0 aliphatic carbocycles. The third-order valence-corrected chi connectivity index (χ3v) is 12.9. The molecule has 0 aromatic heterocycles. The van der Waals surface area contributed by atoms with Gasteiger partial charge in [0, 0.05) is 39.6 Å². The molecule has 0 spiro atoms. The fraction of sp³-hybridized carbons (Fsp3) is 0.574. The molecular weight excluding hydrogens is 1070 g/mol. The van der Waals surface area contributed by atoms with Crippen LogP contribution in [-0.2, 0) is 56.4 Å². The Morgan fingerprint density at radius 2 is 1.15 bits per heavy atom. The minimum Gasteiger partial charge on any atom is -0.756 e. The molecule has 3 N–H and O–H groups in total. The number of carbonyl (C=O) groups excluding carboxylic acids is 4. The number of nitrogens with one attached hydrogen (secondary N) is 2. The predicted octanol–water partition coefficient (Wildman–Crippen LogP) is 8.58. The van der Waals surface area contributed by atoms with Gasteiger partial charge in [-0.25, -0.2) is 4.79 Å². The van der Waals surface area contributed by atoms with Crippen molar-refractivity contribution in [1.29, 1.82) is 0 Å². The number of aromatic hydroxyl groups is 1. The van der Waals surface area contributed by atoms with Gasteiger partial charge in [0.15, 0.2) is 6.10 Å². The van der Waals surface area contributed by atoms with Gasteiger partial charge in [0.05, 0.1) is 33.0 Å². The van der Waals surface area contributed by atoms with Gasteiger partial charge in [0.25, 0.3) is 7.82 Å². The molecule has 448 valence electrons. The molecule has 0 radical (unpaired) electrons. The normalized spacial score (nSPS) is 12.2. The molecule has 0 saturated carbocycles. The van der Waals surface area contributed by atoms with Crippen molar-refractivity contribution in [2.24, 2.45) is 0 Å². The fourth-order valence-corrected chi connectivity index (χ4v) is 8.37. The number of phenols is 1. The summed E-state index contributed by atoms with van der Waals surface area (Å²) in [5, 5.41) is 14.3. The maximum Gasteiger partial charge on any atom is 1.00 e. The Hall–Kier alpha value is -4.59. The van der Waals surface area contributed by atoms with Gasteiger partial charge in [-0.05, 0) is 79.3 Å². The summed E-state index contributed by atoms with van der Waals surface area (Å²) in [6, 6.07) is 21.7. The molecule has 0 bridgehead atoms. The number of alkyl carbamates (subject to hydrolysis) is 1. The topological polar surface area (TPSA) is 236 Å². The fourth-order valence-electron chi connectivity index (χ4n) is 7.63. The molecule has 2 atom stereocenters. The Morgan fingerprint density at radius 3 is 1.75 bits per heavy atom. The van der Waals surface area contributed by atoms with Crippen LogP contribution in [0.2, 0.25) is 0 Å². The van der Waals surface area contributed by atoms with Gasteiger partial charge in [0.1, 0.15) is 37.9 Å². The molecule has 3 aromatic carbocycles. The third kappa shape index (κ3) is 42.0. The summed E-state index contributed by atoms with van der Waals surface area (Å²) in [4.78, 5) is 59.0. The number of rotatable bonds is 44. The first-order chi connectivity index (χ1) is 38.7. The Balaban J connectivity index is 0.000000894. The van der Waals surface area contributed by atoms with E-state index in [9.17, 15) is 33.7 Å². The first kappa shape index (κ1) is 74.4. The van der Waals surface area contributed by atoms with E-state index in [1.54, 1.807) is 12.1 Å². The number of amides is 2. The van der Waals surface area contributed by atoms with Crippen molar-refractivity contribution >= 4 is 56.1 Å². The molecule has 0 fully saturated rings. The second kappa shape index (κ2) is 48.9. The van der Waals surface area contributed by atoms with E-state index in [0.717, 1.165) is 48.6 Å². The van der Waals surface area contributed by atoms with E-state index in [4.69, 9.17) is 42.2 Å². The van der Waals surface area contributed by atoms with Gasteiger partial charge in [-0.2, -0.15) is 0 Å². The molecule has 0 heterocycles. The number of phosphoric acid groups is 1. The summed E-state index contributed by atoms with van der Waals surface area (Å²) >= 11 is 0. The van der Waals surface area contributed by atoms with Gasteiger partial charge >= 0.3 is 47.6 Å². The van der Waals surface area contributed by atoms with E-state index in [0.29, 0.717) is 46.0 Å². The van der Waals surface area contributed by atoms with E-state index in [2.05, 4.69) is 73.0 Å². The quantitative estimate of drug-likeness (QED) is 0.0120. The van der Waals surface area contributed by atoms with E-state index in [-0.39, 0.29) is 80.6 Å². The standard InChI is InChI=1S/C34H65N2O13P.C27H28O3.Na/c1-4-6-7-8-9-10-11-12-13-14-15-16-17-18-19-20-33(39)46-27-31(49-30(3)37)28-48-50(41,42)47-24-22-36-34(40)45-26-25-44-29-32(38)35-21-23-43-5-2;1-3-29-18-19-30-27-16-10-23(11-17-27)6-12-25-13-7-24(20-21(25)2)5-4-22-8-14-26(28)15-9-22;/h31H,4-29H2,1-3H3,(H,35,38)(H,36,40)(H,41,42);4-17,20,28H,3,18-19H2,1-2H3;/q;;+1/p-1/b;5-4+,12-6+;. The van der Waals surface area contributed by atoms with Gasteiger partial charge < -0.3 is 62.8 Å². The zero-order chi connectivity index (χ0) is 58.3. The Bertz CT molecular complexity index is 2230. The van der Waals surface area contributed by atoms with Crippen LogP contribution in [0.4, 0.5) is 4.79 Å². The van der Waals surface area contributed by atoms with Crippen molar-refractivity contribution in [3.63, 3.8) is 0 Å². The maximum absolute atomic E-state index is 12.2. The monoisotopic (exact) mass is 1160 g/mol. The number of carbonyl (C=O) groups is 4. The van der Waals surface area contributed by atoms with Crippen LogP contribution < -0.4 is 49.8 Å². The van der Waals surface area contributed by atoms with Crippen LogP contribution in [0.15, 0.2) is 66.7 Å². The molecule has 2 unspecified atom stereocenters. The van der Waals surface area contributed by atoms with Crippen LogP contribution in [0, 0.1) is 6.92 Å². The Labute approximate surface area is 504 Å². The number of aryl methyl sites for hydroxylation is 1. The minimum atomic E-state index is -4.84. The summed E-state index contributed by atoms with van der Waals surface area (Å²) in [5.41, 5.74) is 5.73. The summed E-state index contributed by atoms with van der Waals surface area (Å²) in [5.74, 6) is -0.369. The number of ether oxygens (including phenoxy) is 7. The van der Waals surface area contributed by atoms with Gasteiger partial charge in [-0.1, -0.05) is 164 Å². The molecule has 18 nitrogen and oxygen atoms in total. The van der Waals surface area contributed by atoms with Crippen molar-refractivity contribution in [3.05, 3.63) is 94.5 Å². The predicted molar refractivity (Wildman–Crippen MR) is 311 cm³/mol. The van der Waals surface area contributed by atoms with E-state index >= 15 is 0 Å². The molecule has 81 heavy (non-hydrogen) atoms. The van der Waals surface area contributed by atoms with Crippen molar-refractivity contribution < 1.29 is 106 Å². The van der Waals surface area contributed by atoms with E-state index in [1.165, 1.54) is 81.8 Å². The second-order valence-electron chi connectivity index (χ2n) is 18.8. The zero-order valence-corrected chi connectivity index (χ0v) is 52.2. The second-order valence-corrected chi connectivity index (χ2v) is 20.3. The molecule has 2 amide bonds. The van der Waals surface area contributed by atoms with Crippen LogP contribution in [0.1, 0.15) is 158 Å². The van der Waals surface area contributed by atoms with E-state index in [1.807, 2.05) is 44.2 Å². The molecule has 0 saturated heterocycles. The molecule has 20 heteroatoms. The van der Waals surface area contributed by atoms with Gasteiger partial charge in [-0.3, -0.25) is 18.9 Å².